The SMILES string of the molecule is CCC(NC(=O)c1cn(-c2c(F)cccc2F)c2nc(N3C[C@@H](O)[C@@H](O)C3)ccc2c1=O)C(F)(F)F. The quantitative estimate of drug-likeness (QED) is 0.453. The summed E-state index contributed by atoms with van der Waals surface area (Å²) in [6.45, 7) is 1.19. The molecule has 4 rings (SSSR count). The maximum Gasteiger partial charge on any atom is 0.408 e. The second-order valence-electron chi connectivity index (χ2n) is 8.37. The van der Waals surface area contributed by atoms with Gasteiger partial charge in [-0.1, -0.05) is 13.0 Å². The van der Waals surface area contributed by atoms with Crippen LogP contribution in [0.4, 0.5) is 27.8 Å². The van der Waals surface area contributed by atoms with Crippen molar-refractivity contribution in [2.24, 2.45) is 0 Å². The number of β-amino-alcohol motifs (C(OH)–C–C–N with tert-alkyl or cyclic N) is 2. The number of carbonyl (C=O) groups is 1. The van der Waals surface area contributed by atoms with E-state index in [1.165, 1.54) is 24.0 Å². The number of carbonyl (C=O) groups excluding carboxylic acids is 1. The Balaban J connectivity index is 1.92. The number of hydrogen-bond acceptors (Lipinski definition) is 6. The molecule has 0 aliphatic carbocycles. The van der Waals surface area contributed by atoms with E-state index < -0.39 is 65.1 Å². The summed E-state index contributed by atoms with van der Waals surface area (Å²) in [5.74, 6) is -3.37. The van der Waals surface area contributed by atoms with Crippen LogP contribution >= 0.6 is 0 Å². The standard InChI is InChI=1S/C23H21F5N4O4/c1-2-17(23(26,27)28)29-22(36)12-8-32(19-13(24)4-3-5-14(19)25)21-11(20(12)35)6-7-18(30-21)31-9-15(33)16(34)10-31/h3-8,15-17,33-34H,2,9-10H2,1H3,(H,29,36)/t15-,16+,17?. The summed E-state index contributed by atoms with van der Waals surface area (Å²) in [6, 6.07) is 3.25. The molecule has 1 aliphatic heterocycles. The fourth-order valence-electron chi connectivity index (χ4n) is 4.03. The van der Waals surface area contributed by atoms with Gasteiger partial charge in [-0.05, 0) is 30.7 Å². The Morgan fingerprint density at radius 2 is 1.75 bits per heavy atom. The fourth-order valence-corrected chi connectivity index (χ4v) is 4.03. The summed E-state index contributed by atoms with van der Waals surface area (Å²) in [6.07, 6.45) is -6.68. The van der Waals surface area contributed by atoms with Crippen LogP contribution in [0.2, 0.25) is 0 Å². The van der Waals surface area contributed by atoms with Gasteiger partial charge in [-0.3, -0.25) is 14.2 Å². The molecule has 1 aliphatic rings. The first-order valence-corrected chi connectivity index (χ1v) is 10.9. The van der Waals surface area contributed by atoms with Crippen molar-refractivity contribution in [1.82, 2.24) is 14.9 Å². The van der Waals surface area contributed by atoms with Crippen molar-refractivity contribution in [3.05, 3.63) is 63.9 Å². The number of alkyl halides is 3. The predicted octanol–water partition coefficient (Wildman–Crippen LogP) is 2.28. The molecule has 3 atom stereocenters. The van der Waals surface area contributed by atoms with Gasteiger partial charge in [0, 0.05) is 19.3 Å². The van der Waals surface area contributed by atoms with Crippen LogP contribution in [-0.4, -0.2) is 63.2 Å². The molecular weight excluding hydrogens is 491 g/mol. The first-order chi connectivity index (χ1) is 16.9. The van der Waals surface area contributed by atoms with E-state index in [9.17, 15) is 41.8 Å². The number of nitrogens with zero attached hydrogens (tertiary/aromatic N) is 3. The Morgan fingerprint density at radius 3 is 2.31 bits per heavy atom. The van der Waals surface area contributed by atoms with Crippen LogP contribution in [0, 0.1) is 11.6 Å². The number of para-hydroxylation sites is 1. The van der Waals surface area contributed by atoms with E-state index in [1.807, 2.05) is 0 Å². The third-order valence-electron chi connectivity index (χ3n) is 5.95. The van der Waals surface area contributed by atoms with Gasteiger partial charge in [-0.25, -0.2) is 13.8 Å². The topological polar surface area (TPSA) is 108 Å². The Kier molecular flexibility index (Phi) is 6.71. The van der Waals surface area contributed by atoms with Crippen LogP contribution in [0.25, 0.3) is 16.7 Å². The lowest BCUT2D eigenvalue weighted by Gasteiger charge is -2.21. The number of pyridine rings is 2. The molecular formula is C23H21F5N4O4. The summed E-state index contributed by atoms with van der Waals surface area (Å²) in [7, 11) is 0. The number of halogens is 5. The molecule has 1 unspecified atom stereocenters. The van der Waals surface area contributed by atoms with Crippen LogP contribution < -0.4 is 15.6 Å². The fraction of sp³-hybridized carbons (Fsp3) is 0.348. The summed E-state index contributed by atoms with van der Waals surface area (Å²) < 4.78 is 69.8. The maximum atomic E-state index is 14.7. The van der Waals surface area contributed by atoms with Crippen molar-refractivity contribution in [2.45, 2.75) is 37.8 Å². The molecule has 13 heteroatoms. The monoisotopic (exact) mass is 512 g/mol. The second kappa shape index (κ2) is 9.47. The van der Waals surface area contributed by atoms with Crippen molar-refractivity contribution in [1.29, 1.82) is 0 Å². The van der Waals surface area contributed by atoms with Gasteiger partial charge in [0.25, 0.3) is 5.91 Å². The minimum Gasteiger partial charge on any atom is -0.389 e. The lowest BCUT2D eigenvalue weighted by atomic mass is 10.1. The molecule has 1 fully saturated rings. The molecule has 1 saturated heterocycles. The summed E-state index contributed by atoms with van der Waals surface area (Å²) >= 11 is 0. The lowest BCUT2D eigenvalue weighted by molar-refractivity contribution is -0.153. The molecule has 36 heavy (non-hydrogen) atoms. The highest BCUT2D eigenvalue weighted by molar-refractivity contribution is 5.97. The van der Waals surface area contributed by atoms with Gasteiger partial charge < -0.3 is 20.4 Å². The number of rotatable bonds is 5. The number of aliphatic hydroxyl groups excluding tert-OH is 2. The van der Waals surface area contributed by atoms with E-state index in [0.29, 0.717) is 0 Å². The molecule has 0 saturated carbocycles. The Labute approximate surface area is 200 Å². The zero-order chi connectivity index (χ0) is 26.4. The molecule has 0 radical (unpaired) electrons. The highest BCUT2D eigenvalue weighted by atomic mass is 19.4. The third kappa shape index (κ3) is 4.63. The molecule has 3 aromatic rings. The van der Waals surface area contributed by atoms with E-state index in [-0.39, 0.29) is 29.9 Å². The number of anilines is 1. The first-order valence-electron chi connectivity index (χ1n) is 10.9. The number of amides is 1. The zero-order valence-corrected chi connectivity index (χ0v) is 18.8. The third-order valence-corrected chi connectivity index (χ3v) is 5.95. The smallest absolute Gasteiger partial charge is 0.389 e. The van der Waals surface area contributed by atoms with Crippen molar-refractivity contribution in [3.8, 4) is 5.69 Å². The number of nitrogens with one attached hydrogen (secondary N) is 1. The van der Waals surface area contributed by atoms with E-state index in [4.69, 9.17) is 0 Å². The molecule has 0 spiro atoms. The van der Waals surface area contributed by atoms with Crippen molar-refractivity contribution in [3.63, 3.8) is 0 Å². The Morgan fingerprint density at radius 1 is 1.14 bits per heavy atom. The minimum absolute atomic E-state index is 0.00565. The molecule has 3 heterocycles. The molecule has 2 aromatic heterocycles. The van der Waals surface area contributed by atoms with Gasteiger partial charge in [0.05, 0.1) is 17.6 Å². The lowest BCUT2D eigenvalue weighted by Crippen LogP contribution is -2.46. The van der Waals surface area contributed by atoms with E-state index >= 15 is 0 Å². The zero-order valence-electron chi connectivity index (χ0n) is 18.8. The number of aromatic nitrogens is 2. The second-order valence-corrected chi connectivity index (χ2v) is 8.37. The minimum atomic E-state index is -4.78. The average Bonchev–Trinajstić information content (AvgIpc) is 3.15. The first kappa shape index (κ1) is 25.5. The summed E-state index contributed by atoms with van der Waals surface area (Å²) in [5, 5.41) is 21.2. The number of hydrogen-bond donors (Lipinski definition) is 3. The average molecular weight is 512 g/mol. The highest BCUT2D eigenvalue weighted by Gasteiger charge is 2.40. The van der Waals surface area contributed by atoms with E-state index in [2.05, 4.69) is 4.98 Å². The molecule has 1 aromatic carbocycles. The molecule has 0 bridgehead atoms. The maximum absolute atomic E-state index is 14.7. The Bertz CT molecular complexity index is 1350. The van der Waals surface area contributed by atoms with Crippen LogP contribution in [0.1, 0.15) is 23.7 Å². The van der Waals surface area contributed by atoms with Crippen LogP contribution in [-0.2, 0) is 0 Å². The normalized spacial score (nSPS) is 19.1. The van der Waals surface area contributed by atoms with E-state index in [0.717, 1.165) is 29.0 Å². The highest BCUT2D eigenvalue weighted by Crippen LogP contribution is 2.26. The van der Waals surface area contributed by atoms with Crippen LogP contribution in [0.3, 0.4) is 0 Å². The predicted molar refractivity (Wildman–Crippen MR) is 119 cm³/mol. The van der Waals surface area contributed by atoms with Gasteiger partial charge in [-0.15, -0.1) is 0 Å². The van der Waals surface area contributed by atoms with Gasteiger partial charge in [-0.2, -0.15) is 13.2 Å². The summed E-state index contributed by atoms with van der Waals surface area (Å²) in [5.41, 5.74) is -2.75. The van der Waals surface area contributed by atoms with Crippen LogP contribution in [0.15, 0.2) is 41.3 Å². The number of fused-ring (bicyclic) bond motifs is 1. The van der Waals surface area contributed by atoms with Gasteiger partial charge in [0.2, 0.25) is 5.43 Å². The van der Waals surface area contributed by atoms with Gasteiger partial charge in [0.1, 0.15) is 34.7 Å². The number of benzene rings is 1. The van der Waals surface area contributed by atoms with Crippen molar-refractivity contribution in [2.75, 3.05) is 18.0 Å². The summed E-state index contributed by atoms with van der Waals surface area (Å²) in [4.78, 5) is 31.6. The van der Waals surface area contributed by atoms with Crippen molar-refractivity contribution < 1.29 is 37.0 Å². The molecule has 192 valence electrons. The molecule has 3 N–H and O–H groups in total. The molecule has 8 nitrogen and oxygen atoms in total. The Hall–Kier alpha value is -3.58. The van der Waals surface area contributed by atoms with Gasteiger partial charge >= 0.3 is 6.18 Å². The number of aliphatic hydroxyl groups is 2. The van der Waals surface area contributed by atoms with Crippen LogP contribution in [0.5, 0.6) is 0 Å². The van der Waals surface area contributed by atoms with Crippen molar-refractivity contribution >= 4 is 22.8 Å². The van der Waals surface area contributed by atoms with Gasteiger partial charge in [0.15, 0.2) is 5.65 Å². The largest absolute Gasteiger partial charge is 0.408 e. The van der Waals surface area contributed by atoms with E-state index in [1.54, 1.807) is 5.32 Å². The molecule has 1 amide bonds.